The van der Waals surface area contributed by atoms with Crippen LogP contribution in [0.5, 0.6) is 0 Å². The van der Waals surface area contributed by atoms with Gasteiger partial charge in [-0.25, -0.2) is 4.98 Å². The maximum atomic E-state index is 13.5. The number of hydrogen-bond acceptors (Lipinski definition) is 6. The Morgan fingerprint density at radius 3 is 2.76 bits per heavy atom. The summed E-state index contributed by atoms with van der Waals surface area (Å²) in [5, 5.41) is 15.5. The van der Waals surface area contributed by atoms with E-state index < -0.39 is 29.9 Å². The number of rotatable bonds is 8. The summed E-state index contributed by atoms with van der Waals surface area (Å²) in [5.74, 6) is -3.23. The second-order valence-corrected chi connectivity index (χ2v) is 10.4. The Balaban J connectivity index is 1.32. The summed E-state index contributed by atoms with van der Waals surface area (Å²) in [7, 11) is 0. The fourth-order valence-corrected chi connectivity index (χ4v) is 5.65. The van der Waals surface area contributed by atoms with Crippen LogP contribution in [-0.2, 0) is 38.6 Å². The second kappa shape index (κ2) is 10.4. The molecular weight excluding hydrogens is 488 g/mol. The Kier molecular flexibility index (Phi) is 7.05. The number of Topliss-reactive ketones (excluding diaryl/α,β-unsaturated/α-hetero) is 1. The van der Waals surface area contributed by atoms with Crippen molar-refractivity contribution in [2.75, 3.05) is 0 Å². The van der Waals surface area contributed by atoms with Gasteiger partial charge < -0.3 is 24.7 Å². The van der Waals surface area contributed by atoms with Gasteiger partial charge in [0, 0.05) is 30.9 Å². The van der Waals surface area contributed by atoms with E-state index in [2.05, 4.69) is 15.6 Å². The lowest BCUT2D eigenvalue weighted by atomic mass is 9.79. The first kappa shape index (κ1) is 25.7. The minimum absolute atomic E-state index is 0.0798. The number of para-hydroxylation sites is 2. The van der Waals surface area contributed by atoms with Crippen LogP contribution in [0, 0.1) is 11.8 Å². The predicted octanol–water partition coefficient (Wildman–Crippen LogP) is 2.59. The van der Waals surface area contributed by atoms with Gasteiger partial charge >= 0.3 is 5.97 Å². The Morgan fingerprint density at radius 1 is 1.24 bits per heavy atom. The molecule has 3 unspecified atom stereocenters. The monoisotopic (exact) mass is 520 g/mol. The maximum Gasteiger partial charge on any atom is 0.308 e. The van der Waals surface area contributed by atoms with E-state index in [1.54, 1.807) is 12.1 Å². The largest absolute Gasteiger partial charge is 0.481 e. The number of amides is 2. The molecule has 5 rings (SSSR count). The molecule has 2 aliphatic rings. The lowest BCUT2D eigenvalue weighted by Gasteiger charge is -2.34. The molecule has 0 radical (unpaired) electrons. The summed E-state index contributed by atoms with van der Waals surface area (Å²) in [5.41, 5.74) is 3.07. The van der Waals surface area contributed by atoms with Crippen LogP contribution < -0.4 is 10.6 Å². The highest BCUT2D eigenvalue weighted by Gasteiger charge is 2.43. The zero-order chi connectivity index (χ0) is 27.0. The highest BCUT2D eigenvalue weighted by Crippen LogP contribution is 2.38. The summed E-state index contributed by atoms with van der Waals surface area (Å²) >= 11 is 0. The van der Waals surface area contributed by atoms with Crippen molar-refractivity contribution in [1.29, 1.82) is 0 Å². The standard InChI is InChI=1S/C28H32N4O6/c1-3-15(2)25(31-22(34)13-23-29-18-6-4-5-7-21(18)38-23)27(35)30-19-9-8-16-10-11-32-14-17(28(36)37)12-20(33)24(19)26(16)32/h4-7,10-11,15,17,19,24-25H,3,8-9,12-14H2,1-2H3,(H,30,35)(H,31,34)(H,36,37)/t15?,17-,19-,24?,25?/m0/s1. The highest BCUT2D eigenvalue weighted by atomic mass is 16.4. The van der Waals surface area contributed by atoms with Gasteiger partial charge in [0.05, 0.1) is 11.8 Å². The molecule has 1 aliphatic carbocycles. The van der Waals surface area contributed by atoms with Crippen molar-refractivity contribution in [1.82, 2.24) is 20.2 Å². The van der Waals surface area contributed by atoms with Gasteiger partial charge in [0.25, 0.3) is 0 Å². The van der Waals surface area contributed by atoms with E-state index in [0.29, 0.717) is 30.4 Å². The average molecular weight is 521 g/mol. The normalized spacial score (nSPS) is 22.3. The number of ketones is 1. The number of oxazole rings is 1. The SMILES string of the molecule is CCC(C)C(NC(=O)Cc1nc2ccccc2o1)C(=O)N[C@H]1CCc2ccn3c2C1C(=O)C[C@H](C(=O)O)C3. The molecule has 3 heterocycles. The van der Waals surface area contributed by atoms with Crippen LogP contribution >= 0.6 is 0 Å². The third-order valence-electron chi connectivity index (χ3n) is 7.87. The number of carboxylic acids is 1. The van der Waals surface area contributed by atoms with Crippen LogP contribution in [0.2, 0.25) is 0 Å². The summed E-state index contributed by atoms with van der Waals surface area (Å²) in [6.45, 7) is 4.07. The van der Waals surface area contributed by atoms with Crippen LogP contribution in [0.3, 0.4) is 0 Å². The summed E-state index contributed by atoms with van der Waals surface area (Å²) in [6, 6.07) is 7.89. The second-order valence-electron chi connectivity index (χ2n) is 10.4. The Labute approximate surface area is 219 Å². The lowest BCUT2D eigenvalue weighted by Crippen LogP contribution is -2.55. The van der Waals surface area contributed by atoms with Gasteiger partial charge in [0.2, 0.25) is 17.7 Å². The number of aryl methyl sites for hydroxylation is 1. The van der Waals surface area contributed by atoms with Gasteiger partial charge in [-0.05, 0) is 42.5 Å². The first-order chi connectivity index (χ1) is 18.2. The molecule has 200 valence electrons. The number of nitrogens with one attached hydrogen (secondary N) is 2. The number of fused-ring (bicyclic) bond motifs is 1. The molecule has 38 heavy (non-hydrogen) atoms. The van der Waals surface area contributed by atoms with Crippen molar-refractivity contribution in [2.24, 2.45) is 11.8 Å². The molecule has 0 bridgehead atoms. The van der Waals surface area contributed by atoms with Crippen LogP contribution in [0.4, 0.5) is 0 Å². The number of carboxylic acid groups (broad SMARTS) is 1. The molecule has 0 saturated carbocycles. The Hall–Kier alpha value is -3.95. The molecule has 2 aromatic heterocycles. The van der Waals surface area contributed by atoms with Gasteiger partial charge in [-0.1, -0.05) is 32.4 Å². The number of carbonyl (C=O) groups excluding carboxylic acids is 3. The van der Waals surface area contributed by atoms with Gasteiger partial charge in [-0.2, -0.15) is 0 Å². The minimum Gasteiger partial charge on any atom is -0.481 e. The molecule has 0 saturated heterocycles. The van der Waals surface area contributed by atoms with Crippen molar-refractivity contribution in [3.05, 3.63) is 53.7 Å². The zero-order valence-electron chi connectivity index (χ0n) is 21.5. The van der Waals surface area contributed by atoms with E-state index in [1.807, 2.05) is 42.8 Å². The minimum atomic E-state index is -1.00. The zero-order valence-corrected chi connectivity index (χ0v) is 21.5. The highest BCUT2D eigenvalue weighted by molar-refractivity contribution is 5.93. The van der Waals surface area contributed by atoms with E-state index in [4.69, 9.17) is 4.42 Å². The summed E-state index contributed by atoms with van der Waals surface area (Å²) in [6.07, 6.45) is 3.54. The van der Waals surface area contributed by atoms with Crippen molar-refractivity contribution in [3.63, 3.8) is 0 Å². The predicted molar refractivity (Wildman–Crippen MR) is 137 cm³/mol. The molecule has 3 aromatic rings. The first-order valence-electron chi connectivity index (χ1n) is 13.1. The van der Waals surface area contributed by atoms with E-state index in [9.17, 15) is 24.3 Å². The third kappa shape index (κ3) is 4.94. The van der Waals surface area contributed by atoms with Gasteiger partial charge in [0.15, 0.2) is 5.58 Å². The van der Waals surface area contributed by atoms with Crippen LogP contribution in [0.25, 0.3) is 11.1 Å². The Bertz CT molecular complexity index is 1360. The van der Waals surface area contributed by atoms with Crippen molar-refractivity contribution in [2.45, 2.75) is 70.5 Å². The number of aromatic nitrogens is 2. The number of aliphatic carboxylic acids is 1. The first-order valence-corrected chi connectivity index (χ1v) is 13.1. The quantitative estimate of drug-likeness (QED) is 0.414. The topological polar surface area (TPSA) is 144 Å². The molecule has 1 aliphatic heterocycles. The smallest absolute Gasteiger partial charge is 0.308 e. The van der Waals surface area contributed by atoms with E-state index >= 15 is 0 Å². The van der Waals surface area contributed by atoms with E-state index in [1.165, 1.54) is 0 Å². The molecule has 1 aromatic carbocycles. The molecule has 10 nitrogen and oxygen atoms in total. The molecule has 5 atom stereocenters. The molecule has 10 heteroatoms. The Morgan fingerprint density at radius 2 is 2.03 bits per heavy atom. The summed E-state index contributed by atoms with van der Waals surface area (Å²) < 4.78 is 7.51. The van der Waals surface area contributed by atoms with Gasteiger partial charge in [0.1, 0.15) is 23.8 Å². The van der Waals surface area contributed by atoms with Crippen molar-refractivity contribution >= 4 is 34.7 Å². The van der Waals surface area contributed by atoms with Crippen LogP contribution in [-0.4, -0.2) is 50.3 Å². The average Bonchev–Trinajstić information content (AvgIpc) is 3.45. The number of hydrogen-bond donors (Lipinski definition) is 3. The maximum absolute atomic E-state index is 13.5. The van der Waals surface area contributed by atoms with Crippen molar-refractivity contribution < 1.29 is 28.7 Å². The fourth-order valence-electron chi connectivity index (χ4n) is 5.65. The van der Waals surface area contributed by atoms with Crippen molar-refractivity contribution in [3.8, 4) is 0 Å². The number of benzene rings is 1. The number of nitrogens with zero attached hydrogens (tertiary/aromatic N) is 2. The third-order valence-corrected chi connectivity index (χ3v) is 7.87. The van der Waals surface area contributed by atoms with E-state index in [0.717, 1.165) is 11.3 Å². The van der Waals surface area contributed by atoms with Gasteiger partial charge in [-0.15, -0.1) is 0 Å². The van der Waals surface area contributed by atoms with E-state index in [-0.39, 0.29) is 48.8 Å². The fraction of sp³-hybridized carbons (Fsp3) is 0.464. The molecular formula is C28H32N4O6. The van der Waals surface area contributed by atoms with Gasteiger partial charge in [-0.3, -0.25) is 19.2 Å². The lowest BCUT2D eigenvalue weighted by molar-refractivity contribution is -0.144. The molecule has 0 fully saturated rings. The van der Waals surface area contributed by atoms with Crippen LogP contribution in [0.15, 0.2) is 40.9 Å². The number of carbonyl (C=O) groups is 4. The molecule has 2 amide bonds. The summed E-state index contributed by atoms with van der Waals surface area (Å²) in [4.78, 5) is 55.8. The molecule has 0 spiro atoms. The van der Waals surface area contributed by atoms with Crippen LogP contribution in [0.1, 0.15) is 56.2 Å². The molecule has 3 N–H and O–H groups in total.